The number of carbonyl (C=O) groups excluding carboxylic acids is 2. The highest BCUT2D eigenvalue weighted by Crippen LogP contribution is 2.16. The van der Waals surface area contributed by atoms with Crippen molar-refractivity contribution in [3.05, 3.63) is 34.9 Å². The summed E-state index contributed by atoms with van der Waals surface area (Å²) in [4.78, 5) is 28.3. The lowest BCUT2D eigenvalue weighted by atomic mass is 10.0. The van der Waals surface area contributed by atoms with Crippen LogP contribution in [0.1, 0.15) is 21.5 Å². The number of nitrogens with zero attached hydrogens (tertiary/aromatic N) is 2. The summed E-state index contributed by atoms with van der Waals surface area (Å²) in [5.74, 6) is -0.102. The fourth-order valence-electron chi connectivity index (χ4n) is 2.67. The molecule has 0 aliphatic carbocycles. The van der Waals surface area contributed by atoms with Crippen LogP contribution in [0.4, 0.5) is 0 Å². The topological polar surface area (TPSA) is 52.7 Å². The zero-order chi connectivity index (χ0) is 15.6. The molecular formula is C16H23N3O2. The Morgan fingerprint density at radius 1 is 1.29 bits per heavy atom. The van der Waals surface area contributed by atoms with Crippen molar-refractivity contribution in [2.75, 3.05) is 33.7 Å². The number of amides is 2. The van der Waals surface area contributed by atoms with Crippen LogP contribution in [-0.2, 0) is 4.79 Å². The smallest absolute Gasteiger partial charge is 0.254 e. The zero-order valence-electron chi connectivity index (χ0n) is 13.1. The summed E-state index contributed by atoms with van der Waals surface area (Å²) in [5, 5.41) is 3.19. The van der Waals surface area contributed by atoms with E-state index in [4.69, 9.17) is 0 Å². The van der Waals surface area contributed by atoms with Crippen LogP contribution in [0.2, 0.25) is 0 Å². The minimum absolute atomic E-state index is 0.0414. The number of hydrogen-bond acceptors (Lipinski definition) is 3. The van der Waals surface area contributed by atoms with E-state index in [1.54, 1.807) is 23.9 Å². The van der Waals surface area contributed by atoms with Gasteiger partial charge in [0.25, 0.3) is 5.91 Å². The van der Waals surface area contributed by atoms with Crippen LogP contribution in [0.5, 0.6) is 0 Å². The Kier molecular flexibility index (Phi) is 4.63. The molecule has 2 amide bonds. The SMILES string of the molecule is Cc1ccc(C(=O)N2CCNCC2C(=O)N(C)C)c(C)c1. The first-order valence-electron chi connectivity index (χ1n) is 7.22. The van der Waals surface area contributed by atoms with Gasteiger partial charge in [0.05, 0.1) is 0 Å². The van der Waals surface area contributed by atoms with Gasteiger partial charge >= 0.3 is 0 Å². The standard InChI is InChI=1S/C16H23N3O2/c1-11-5-6-13(12(2)9-11)15(20)19-8-7-17-10-14(19)16(21)18(3)4/h5-6,9,14,17H,7-8,10H2,1-4H3. The predicted octanol–water partition coefficient (Wildman–Crippen LogP) is 0.806. The molecule has 1 saturated heterocycles. The first kappa shape index (κ1) is 15.5. The molecule has 0 spiro atoms. The van der Waals surface area contributed by atoms with Gasteiger partial charge < -0.3 is 15.1 Å². The number of nitrogens with one attached hydrogen (secondary N) is 1. The van der Waals surface area contributed by atoms with Crippen LogP contribution in [0, 0.1) is 13.8 Å². The van der Waals surface area contributed by atoms with Crippen molar-refractivity contribution in [3.8, 4) is 0 Å². The monoisotopic (exact) mass is 289 g/mol. The van der Waals surface area contributed by atoms with E-state index in [1.807, 2.05) is 32.0 Å². The second kappa shape index (κ2) is 6.26. The average molecular weight is 289 g/mol. The Balaban J connectivity index is 2.28. The molecule has 1 fully saturated rings. The molecule has 5 nitrogen and oxygen atoms in total. The van der Waals surface area contributed by atoms with Crippen molar-refractivity contribution in [3.63, 3.8) is 0 Å². The first-order chi connectivity index (χ1) is 9.91. The highest BCUT2D eigenvalue weighted by atomic mass is 16.2. The van der Waals surface area contributed by atoms with Crippen molar-refractivity contribution in [1.82, 2.24) is 15.1 Å². The number of aryl methyl sites for hydroxylation is 2. The van der Waals surface area contributed by atoms with Crippen LogP contribution in [0.25, 0.3) is 0 Å². The van der Waals surface area contributed by atoms with Crippen LogP contribution >= 0.6 is 0 Å². The van der Waals surface area contributed by atoms with Gasteiger partial charge in [-0.05, 0) is 25.5 Å². The minimum atomic E-state index is -0.429. The van der Waals surface area contributed by atoms with Crippen molar-refractivity contribution < 1.29 is 9.59 Å². The molecule has 21 heavy (non-hydrogen) atoms. The zero-order valence-corrected chi connectivity index (χ0v) is 13.1. The summed E-state index contributed by atoms with van der Waals surface area (Å²) in [6, 6.07) is 5.36. The van der Waals surface area contributed by atoms with Gasteiger partial charge in [-0.1, -0.05) is 17.7 Å². The van der Waals surface area contributed by atoms with E-state index in [1.165, 1.54) is 0 Å². The van der Waals surface area contributed by atoms with E-state index in [2.05, 4.69) is 5.32 Å². The van der Waals surface area contributed by atoms with E-state index in [0.717, 1.165) is 11.1 Å². The van der Waals surface area contributed by atoms with Crippen molar-refractivity contribution in [2.45, 2.75) is 19.9 Å². The molecule has 1 aromatic carbocycles. The number of likely N-dealkylation sites (N-methyl/N-ethyl adjacent to an activating group) is 1. The maximum atomic E-state index is 12.8. The van der Waals surface area contributed by atoms with Crippen molar-refractivity contribution >= 4 is 11.8 Å². The quantitative estimate of drug-likeness (QED) is 0.876. The number of carbonyl (C=O) groups is 2. The third-order valence-electron chi connectivity index (χ3n) is 3.84. The molecule has 1 N–H and O–H groups in total. The molecule has 1 aliphatic heterocycles. The first-order valence-corrected chi connectivity index (χ1v) is 7.22. The Morgan fingerprint density at radius 2 is 2.00 bits per heavy atom. The summed E-state index contributed by atoms with van der Waals surface area (Å²) in [6.07, 6.45) is 0. The van der Waals surface area contributed by atoms with Crippen molar-refractivity contribution in [1.29, 1.82) is 0 Å². The molecule has 2 rings (SSSR count). The summed E-state index contributed by atoms with van der Waals surface area (Å²) >= 11 is 0. The summed E-state index contributed by atoms with van der Waals surface area (Å²) < 4.78 is 0. The molecule has 0 radical (unpaired) electrons. The summed E-state index contributed by atoms with van der Waals surface area (Å²) in [5.41, 5.74) is 2.76. The van der Waals surface area contributed by atoms with Crippen LogP contribution in [0.3, 0.4) is 0 Å². The molecule has 0 saturated carbocycles. The molecule has 1 aliphatic rings. The molecule has 1 atom stereocenters. The Bertz CT molecular complexity index is 554. The second-order valence-corrected chi connectivity index (χ2v) is 5.77. The number of benzene rings is 1. The number of piperazine rings is 1. The maximum absolute atomic E-state index is 12.8. The largest absolute Gasteiger partial charge is 0.347 e. The van der Waals surface area contributed by atoms with Gasteiger partial charge in [0, 0.05) is 39.3 Å². The second-order valence-electron chi connectivity index (χ2n) is 5.77. The van der Waals surface area contributed by atoms with Gasteiger partial charge in [-0.25, -0.2) is 0 Å². The Hall–Kier alpha value is -1.88. The average Bonchev–Trinajstić information content (AvgIpc) is 2.45. The van der Waals surface area contributed by atoms with Gasteiger partial charge in [0.1, 0.15) is 6.04 Å². The molecule has 0 aromatic heterocycles. The van der Waals surface area contributed by atoms with Gasteiger partial charge in [0.15, 0.2) is 0 Å². The Labute approximate surface area is 125 Å². The third kappa shape index (κ3) is 3.24. The van der Waals surface area contributed by atoms with E-state index in [-0.39, 0.29) is 11.8 Å². The molecule has 1 heterocycles. The van der Waals surface area contributed by atoms with Gasteiger partial charge in [0.2, 0.25) is 5.91 Å². The predicted molar refractivity (Wildman–Crippen MR) is 82.3 cm³/mol. The summed E-state index contributed by atoms with van der Waals surface area (Å²) in [7, 11) is 3.44. The highest BCUT2D eigenvalue weighted by molar-refractivity contribution is 5.98. The number of hydrogen-bond donors (Lipinski definition) is 1. The maximum Gasteiger partial charge on any atom is 0.254 e. The fourth-order valence-corrected chi connectivity index (χ4v) is 2.67. The van der Waals surface area contributed by atoms with Crippen molar-refractivity contribution in [2.24, 2.45) is 0 Å². The summed E-state index contributed by atoms with van der Waals surface area (Å²) in [6.45, 7) is 5.72. The van der Waals surface area contributed by atoms with E-state index < -0.39 is 6.04 Å². The Morgan fingerprint density at radius 3 is 2.62 bits per heavy atom. The van der Waals surface area contributed by atoms with E-state index in [0.29, 0.717) is 25.2 Å². The lowest BCUT2D eigenvalue weighted by molar-refractivity contribution is -0.134. The molecule has 0 bridgehead atoms. The number of rotatable bonds is 2. The van der Waals surface area contributed by atoms with Gasteiger partial charge in [-0.2, -0.15) is 0 Å². The molecule has 114 valence electrons. The van der Waals surface area contributed by atoms with Crippen LogP contribution in [0.15, 0.2) is 18.2 Å². The molecule has 1 aromatic rings. The van der Waals surface area contributed by atoms with Gasteiger partial charge in [-0.3, -0.25) is 9.59 Å². The lowest BCUT2D eigenvalue weighted by Crippen LogP contribution is -2.59. The van der Waals surface area contributed by atoms with E-state index >= 15 is 0 Å². The fraction of sp³-hybridized carbons (Fsp3) is 0.500. The van der Waals surface area contributed by atoms with E-state index in [9.17, 15) is 9.59 Å². The van der Waals surface area contributed by atoms with Crippen LogP contribution < -0.4 is 5.32 Å². The molecule has 5 heteroatoms. The van der Waals surface area contributed by atoms with Crippen LogP contribution in [-0.4, -0.2) is 61.4 Å². The molecule has 1 unspecified atom stereocenters. The lowest BCUT2D eigenvalue weighted by Gasteiger charge is -2.36. The van der Waals surface area contributed by atoms with Gasteiger partial charge in [-0.15, -0.1) is 0 Å². The third-order valence-corrected chi connectivity index (χ3v) is 3.84. The molecular weight excluding hydrogens is 266 g/mol. The normalized spacial score (nSPS) is 18.5. The minimum Gasteiger partial charge on any atom is -0.347 e. The highest BCUT2D eigenvalue weighted by Gasteiger charge is 2.33.